The van der Waals surface area contributed by atoms with Crippen molar-refractivity contribution >= 4 is 0 Å². The van der Waals surface area contributed by atoms with Crippen LogP contribution in [0, 0.1) is 0 Å². The molecule has 0 saturated carbocycles. The summed E-state index contributed by atoms with van der Waals surface area (Å²) in [7, 11) is 0. The predicted molar refractivity (Wildman–Crippen MR) is 169 cm³/mol. The fourth-order valence-electron chi connectivity index (χ4n) is 5.67. The van der Waals surface area contributed by atoms with Crippen molar-refractivity contribution < 1.29 is 0 Å². The molecule has 0 heterocycles. The maximum Gasteiger partial charge on any atom is 0.00894 e. The molecule has 0 saturated heterocycles. The first-order valence-corrected chi connectivity index (χ1v) is 15.3. The van der Waals surface area contributed by atoms with Crippen molar-refractivity contribution in [1.82, 2.24) is 0 Å². The molecular formula is C38H54. The van der Waals surface area contributed by atoms with Crippen LogP contribution in [0.5, 0.6) is 0 Å². The number of unbranched alkanes of at least 4 members (excludes halogenated alkanes) is 4. The summed E-state index contributed by atoms with van der Waals surface area (Å²) in [6, 6.07) is 28.6. The van der Waals surface area contributed by atoms with Crippen LogP contribution in [0.1, 0.15) is 152 Å². The van der Waals surface area contributed by atoms with Crippen molar-refractivity contribution in [2.45, 2.75) is 129 Å². The van der Waals surface area contributed by atoms with Gasteiger partial charge in [-0.25, -0.2) is 0 Å². The third-order valence-corrected chi connectivity index (χ3v) is 8.27. The van der Waals surface area contributed by atoms with Crippen molar-refractivity contribution in [3.05, 3.63) is 106 Å². The van der Waals surface area contributed by atoms with Crippen LogP contribution in [0.3, 0.4) is 0 Å². The summed E-state index contributed by atoms with van der Waals surface area (Å²) < 4.78 is 0. The van der Waals surface area contributed by atoms with Gasteiger partial charge >= 0.3 is 0 Å². The second-order valence-electron chi connectivity index (χ2n) is 13.5. The Bertz CT molecular complexity index is 1000. The maximum atomic E-state index is 2.54. The van der Waals surface area contributed by atoms with Gasteiger partial charge in [0.25, 0.3) is 0 Å². The van der Waals surface area contributed by atoms with Gasteiger partial charge in [0, 0.05) is 11.8 Å². The third-order valence-electron chi connectivity index (χ3n) is 8.27. The van der Waals surface area contributed by atoms with E-state index in [0.29, 0.717) is 11.8 Å². The minimum atomic E-state index is 0.185. The summed E-state index contributed by atoms with van der Waals surface area (Å²) in [5, 5.41) is 0. The summed E-state index contributed by atoms with van der Waals surface area (Å²) in [6.07, 6.45) is 10.1. The van der Waals surface area contributed by atoms with E-state index in [1.165, 1.54) is 84.7 Å². The van der Waals surface area contributed by atoms with Crippen molar-refractivity contribution in [1.29, 1.82) is 0 Å². The molecule has 2 atom stereocenters. The SMILES string of the molecule is CCCCCC(c1ccc(C(C)(C)C)cc1)c1cccc(C(CCCCC)c2ccc(C(C)(C)C)cc2)c1. The Kier molecular flexibility index (Phi) is 10.8. The van der Waals surface area contributed by atoms with Gasteiger partial charge < -0.3 is 0 Å². The average molecular weight is 511 g/mol. The van der Waals surface area contributed by atoms with Gasteiger partial charge in [-0.3, -0.25) is 0 Å². The van der Waals surface area contributed by atoms with Crippen molar-refractivity contribution in [2.24, 2.45) is 0 Å². The lowest BCUT2D eigenvalue weighted by molar-refractivity contribution is 0.587. The Labute approximate surface area is 235 Å². The highest BCUT2D eigenvalue weighted by atomic mass is 14.3. The van der Waals surface area contributed by atoms with E-state index in [0.717, 1.165) is 0 Å². The molecule has 206 valence electrons. The molecule has 0 spiro atoms. The third kappa shape index (κ3) is 8.33. The first kappa shape index (κ1) is 30.2. The van der Waals surface area contributed by atoms with Gasteiger partial charge in [-0.15, -0.1) is 0 Å². The van der Waals surface area contributed by atoms with Crippen molar-refractivity contribution in [3.8, 4) is 0 Å². The standard InChI is InChI=1S/C38H54/c1-9-11-13-18-35(29-20-24-33(25-21-29)37(3,4)5)31-16-15-17-32(28-31)36(19-14-12-10-2)30-22-26-34(27-23-30)38(6,7)8/h15-17,20-28,35-36H,9-14,18-19H2,1-8H3. The number of rotatable bonds is 12. The van der Waals surface area contributed by atoms with E-state index in [9.17, 15) is 0 Å². The van der Waals surface area contributed by atoms with Crippen LogP contribution in [0.4, 0.5) is 0 Å². The molecule has 0 fully saturated rings. The molecule has 3 rings (SSSR count). The number of benzene rings is 3. The molecule has 0 N–H and O–H groups in total. The number of hydrogen-bond donors (Lipinski definition) is 0. The molecule has 3 aromatic rings. The summed E-state index contributed by atoms with van der Waals surface area (Å²) >= 11 is 0. The molecule has 0 radical (unpaired) electrons. The van der Waals surface area contributed by atoms with Crippen molar-refractivity contribution in [2.75, 3.05) is 0 Å². The smallest absolute Gasteiger partial charge is 0.00894 e. The summed E-state index contributed by atoms with van der Waals surface area (Å²) in [5.74, 6) is 0.908. The van der Waals surface area contributed by atoms with Gasteiger partial charge in [-0.1, -0.05) is 167 Å². The van der Waals surface area contributed by atoms with Crippen LogP contribution in [0.25, 0.3) is 0 Å². The van der Waals surface area contributed by atoms with Crippen molar-refractivity contribution in [3.63, 3.8) is 0 Å². The molecule has 0 aromatic heterocycles. The zero-order valence-electron chi connectivity index (χ0n) is 25.7. The molecule has 0 heteroatoms. The zero-order chi connectivity index (χ0) is 27.8. The minimum Gasteiger partial charge on any atom is -0.0654 e. The Hall–Kier alpha value is -2.34. The van der Waals surface area contributed by atoms with E-state index < -0.39 is 0 Å². The highest BCUT2D eigenvalue weighted by Crippen LogP contribution is 2.37. The van der Waals surface area contributed by atoms with Gasteiger partial charge in [-0.05, 0) is 57.1 Å². The highest BCUT2D eigenvalue weighted by molar-refractivity contribution is 5.41. The minimum absolute atomic E-state index is 0.185. The lowest BCUT2D eigenvalue weighted by Gasteiger charge is -2.25. The summed E-state index contributed by atoms with van der Waals surface area (Å²) in [5.41, 5.74) is 9.08. The van der Waals surface area contributed by atoms with E-state index >= 15 is 0 Å². The largest absolute Gasteiger partial charge is 0.0654 e. The topological polar surface area (TPSA) is 0 Å². The fourth-order valence-corrected chi connectivity index (χ4v) is 5.67. The normalized spacial score (nSPS) is 13.9. The quantitative estimate of drug-likeness (QED) is 0.212. The number of hydrogen-bond acceptors (Lipinski definition) is 0. The van der Waals surface area contributed by atoms with Crippen LogP contribution in [0.2, 0.25) is 0 Å². The Morgan fingerprint density at radius 2 is 0.842 bits per heavy atom. The second kappa shape index (κ2) is 13.6. The molecule has 0 nitrogen and oxygen atoms in total. The van der Waals surface area contributed by atoms with E-state index in [1.807, 2.05) is 0 Å². The van der Waals surface area contributed by atoms with Gasteiger partial charge in [0.1, 0.15) is 0 Å². The molecule has 0 aliphatic rings. The lowest BCUT2D eigenvalue weighted by atomic mass is 9.80. The monoisotopic (exact) mass is 510 g/mol. The summed E-state index contributed by atoms with van der Waals surface area (Å²) in [4.78, 5) is 0. The second-order valence-corrected chi connectivity index (χ2v) is 13.5. The molecule has 38 heavy (non-hydrogen) atoms. The molecule has 2 unspecified atom stereocenters. The first-order valence-electron chi connectivity index (χ1n) is 15.3. The lowest BCUT2D eigenvalue weighted by Crippen LogP contribution is -2.12. The maximum absolute atomic E-state index is 2.54. The predicted octanol–water partition coefficient (Wildman–Crippen LogP) is 11.7. The van der Waals surface area contributed by atoms with E-state index in [1.54, 1.807) is 0 Å². The Morgan fingerprint density at radius 1 is 0.474 bits per heavy atom. The van der Waals surface area contributed by atoms with Gasteiger partial charge in [-0.2, -0.15) is 0 Å². The van der Waals surface area contributed by atoms with Gasteiger partial charge in [0.05, 0.1) is 0 Å². The molecule has 3 aromatic carbocycles. The molecular weight excluding hydrogens is 456 g/mol. The zero-order valence-corrected chi connectivity index (χ0v) is 25.7. The van der Waals surface area contributed by atoms with Gasteiger partial charge in [0.2, 0.25) is 0 Å². The van der Waals surface area contributed by atoms with Crippen LogP contribution in [0.15, 0.2) is 72.8 Å². The first-order chi connectivity index (χ1) is 18.0. The van der Waals surface area contributed by atoms with Gasteiger partial charge in [0.15, 0.2) is 0 Å². The summed E-state index contributed by atoms with van der Waals surface area (Å²) in [6.45, 7) is 18.4. The van der Waals surface area contributed by atoms with Crippen LogP contribution in [-0.4, -0.2) is 0 Å². The fraction of sp³-hybridized carbons (Fsp3) is 0.526. The highest BCUT2D eigenvalue weighted by Gasteiger charge is 2.21. The Balaban J connectivity index is 1.98. The molecule has 0 aliphatic carbocycles. The van der Waals surface area contributed by atoms with E-state index in [-0.39, 0.29) is 10.8 Å². The molecule has 0 amide bonds. The molecule has 0 bridgehead atoms. The van der Waals surface area contributed by atoms with Crippen LogP contribution < -0.4 is 0 Å². The average Bonchev–Trinajstić information content (AvgIpc) is 2.88. The Morgan fingerprint density at radius 3 is 1.16 bits per heavy atom. The van der Waals surface area contributed by atoms with E-state index in [2.05, 4.69) is 128 Å². The molecule has 0 aliphatic heterocycles. The van der Waals surface area contributed by atoms with E-state index in [4.69, 9.17) is 0 Å². The van der Waals surface area contributed by atoms with Crippen LogP contribution >= 0.6 is 0 Å². The van der Waals surface area contributed by atoms with Crippen LogP contribution in [-0.2, 0) is 10.8 Å².